The molecule has 1 saturated heterocycles. The van der Waals surface area contributed by atoms with E-state index in [9.17, 15) is 18.0 Å². The molecule has 9 heteroatoms. The van der Waals surface area contributed by atoms with Crippen molar-refractivity contribution in [3.63, 3.8) is 0 Å². The Kier molecular flexibility index (Phi) is 6.81. The van der Waals surface area contributed by atoms with Crippen LogP contribution in [0.15, 0.2) is 27.6 Å². The number of hydrogen-bond acceptors (Lipinski definition) is 5. The summed E-state index contributed by atoms with van der Waals surface area (Å²) >= 11 is 3.23. The third kappa shape index (κ3) is 4.44. The highest BCUT2D eigenvalue weighted by Crippen LogP contribution is 2.25. The van der Waals surface area contributed by atoms with E-state index in [4.69, 9.17) is 4.74 Å². The van der Waals surface area contributed by atoms with Crippen molar-refractivity contribution in [2.24, 2.45) is 5.92 Å². The number of benzene rings is 1. The van der Waals surface area contributed by atoms with Gasteiger partial charge in [-0.05, 0) is 40.5 Å². The quantitative estimate of drug-likeness (QED) is 0.661. The van der Waals surface area contributed by atoms with Crippen molar-refractivity contribution in [3.05, 3.63) is 28.2 Å². The van der Waals surface area contributed by atoms with Gasteiger partial charge in [-0.1, -0.05) is 13.8 Å². The van der Waals surface area contributed by atoms with Gasteiger partial charge < -0.3 is 9.64 Å². The van der Waals surface area contributed by atoms with Crippen molar-refractivity contribution in [3.8, 4) is 0 Å². The second kappa shape index (κ2) is 8.49. The molecule has 26 heavy (non-hydrogen) atoms. The van der Waals surface area contributed by atoms with Crippen LogP contribution in [-0.4, -0.2) is 62.8 Å². The smallest absolute Gasteiger partial charge is 0.339 e. The molecule has 1 aromatic rings. The molecule has 0 spiro atoms. The molecule has 0 unspecified atom stereocenters. The molecule has 7 nitrogen and oxygen atoms in total. The Morgan fingerprint density at radius 3 is 2.46 bits per heavy atom. The number of esters is 1. The molecule has 1 aliphatic rings. The maximum atomic E-state index is 13.0. The molecule has 1 aromatic carbocycles. The van der Waals surface area contributed by atoms with Gasteiger partial charge in [-0.2, -0.15) is 4.31 Å². The second-order valence-corrected chi connectivity index (χ2v) is 9.16. The number of carbonyl (C=O) groups is 2. The van der Waals surface area contributed by atoms with E-state index in [1.807, 2.05) is 13.8 Å². The normalized spacial score (nSPS) is 16.4. The molecular formula is C17H23BrN2O5S. The van der Waals surface area contributed by atoms with Gasteiger partial charge in [0.1, 0.15) is 0 Å². The van der Waals surface area contributed by atoms with Crippen molar-refractivity contribution in [1.29, 1.82) is 0 Å². The van der Waals surface area contributed by atoms with Gasteiger partial charge in [0.05, 0.1) is 17.6 Å². The second-order valence-electron chi connectivity index (χ2n) is 6.37. The summed E-state index contributed by atoms with van der Waals surface area (Å²) in [6.07, 6.45) is 0.568. The van der Waals surface area contributed by atoms with E-state index in [-0.39, 0.29) is 28.8 Å². The van der Waals surface area contributed by atoms with Crippen LogP contribution in [0.3, 0.4) is 0 Å². The highest BCUT2D eigenvalue weighted by molar-refractivity contribution is 9.10. The van der Waals surface area contributed by atoms with Gasteiger partial charge in [0.15, 0.2) is 0 Å². The summed E-state index contributed by atoms with van der Waals surface area (Å²) in [6, 6.07) is 4.28. The first kappa shape index (κ1) is 20.9. The molecule has 1 aliphatic heterocycles. The van der Waals surface area contributed by atoms with Crippen molar-refractivity contribution in [2.75, 3.05) is 33.3 Å². The van der Waals surface area contributed by atoms with Gasteiger partial charge in [0, 0.05) is 36.6 Å². The van der Waals surface area contributed by atoms with Crippen LogP contribution in [0.2, 0.25) is 0 Å². The minimum absolute atomic E-state index is 0.0286. The summed E-state index contributed by atoms with van der Waals surface area (Å²) in [4.78, 5) is 25.7. The van der Waals surface area contributed by atoms with Crippen LogP contribution >= 0.6 is 15.9 Å². The first-order valence-corrected chi connectivity index (χ1v) is 10.6. The highest BCUT2D eigenvalue weighted by Gasteiger charge is 2.29. The summed E-state index contributed by atoms with van der Waals surface area (Å²) in [6.45, 7) is 5.11. The van der Waals surface area contributed by atoms with Gasteiger partial charge in [0.25, 0.3) is 0 Å². The Morgan fingerprint density at radius 2 is 1.85 bits per heavy atom. The van der Waals surface area contributed by atoms with Crippen molar-refractivity contribution >= 4 is 37.8 Å². The monoisotopic (exact) mass is 446 g/mol. The Morgan fingerprint density at radius 1 is 1.15 bits per heavy atom. The van der Waals surface area contributed by atoms with Gasteiger partial charge in [-0.15, -0.1) is 0 Å². The van der Waals surface area contributed by atoms with Gasteiger partial charge in [-0.25, -0.2) is 13.2 Å². The summed E-state index contributed by atoms with van der Waals surface area (Å²) in [5.74, 6) is -0.702. The lowest BCUT2D eigenvalue weighted by atomic mass is 10.2. The Balaban J connectivity index is 2.25. The largest absolute Gasteiger partial charge is 0.465 e. The number of methoxy groups -OCH3 is 1. The minimum atomic E-state index is -3.77. The fourth-order valence-corrected chi connectivity index (χ4v) is 4.70. The van der Waals surface area contributed by atoms with E-state index >= 15 is 0 Å². The zero-order valence-electron chi connectivity index (χ0n) is 15.1. The van der Waals surface area contributed by atoms with E-state index in [1.165, 1.54) is 29.6 Å². The molecule has 144 valence electrons. The third-order valence-corrected chi connectivity index (χ3v) is 6.83. The SMILES string of the molecule is COC(=O)c1cc(S(=O)(=O)N2CCCN(C(=O)C(C)C)CC2)ccc1Br. The summed E-state index contributed by atoms with van der Waals surface area (Å²) < 4.78 is 32.5. The lowest BCUT2D eigenvalue weighted by Gasteiger charge is -2.23. The maximum Gasteiger partial charge on any atom is 0.339 e. The lowest BCUT2D eigenvalue weighted by Crippen LogP contribution is -2.39. The summed E-state index contributed by atoms with van der Waals surface area (Å²) in [5, 5.41) is 0. The van der Waals surface area contributed by atoms with Crippen LogP contribution in [0.5, 0.6) is 0 Å². The third-order valence-electron chi connectivity index (χ3n) is 4.24. The van der Waals surface area contributed by atoms with Crippen molar-refractivity contribution in [1.82, 2.24) is 9.21 Å². The van der Waals surface area contributed by atoms with E-state index < -0.39 is 16.0 Å². The molecule has 1 fully saturated rings. The van der Waals surface area contributed by atoms with E-state index in [1.54, 1.807) is 4.90 Å². The lowest BCUT2D eigenvalue weighted by molar-refractivity contribution is -0.134. The molecule has 1 heterocycles. The molecule has 0 radical (unpaired) electrons. The van der Waals surface area contributed by atoms with E-state index in [0.29, 0.717) is 30.5 Å². The molecule has 0 N–H and O–H groups in total. The molecular weight excluding hydrogens is 424 g/mol. The van der Waals surface area contributed by atoms with Crippen molar-refractivity contribution in [2.45, 2.75) is 25.2 Å². The van der Waals surface area contributed by atoms with Gasteiger partial charge in [-0.3, -0.25) is 4.79 Å². The number of carbonyl (C=O) groups excluding carboxylic acids is 2. The number of rotatable bonds is 4. The zero-order valence-corrected chi connectivity index (χ0v) is 17.5. The predicted octanol–water partition coefficient (Wildman–Crippen LogP) is 2.11. The van der Waals surface area contributed by atoms with E-state index in [0.717, 1.165) is 0 Å². The highest BCUT2D eigenvalue weighted by atomic mass is 79.9. The Labute approximate surface area is 162 Å². The number of hydrogen-bond donors (Lipinski definition) is 0. The van der Waals surface area contributed by atoms with Crippen LogP contribution in [0.1, 0.15) is 30.6 Å². The molecule has 0 aliphatic carbocycles. The molecule has 2 rings (SSSR count). The zero-order chi connectivity index (χ0) is 19.5. The Hall–Kier alpha value is -1.45. The first-order chi connectivity index (χ1) is 12.2. The topological polar surface area (TPSA) is 84.0 Å². The standard InChI is InChI=1S/C17H23BrN2O5S/c1-12(2)16(21)19-7-4-8-20(10-9-19)26(23,24)13-5-6-15(18)14(11-13)17(22)25-3/h5-6,11-12H,4,7-10H2,1-3H3. The molecule has 0 aromatic heterocycles. The van der Waals surface area contributed by atoms with Crippen LogP contribution in [0, 0.1) is 5.92 Å². The fraction of sp³-hybridized carbons (Fsp3) is 0.529. The molecule has 0 atom stereocenters. The Bertz CT molecular complexity index is 794. The fourth-order valence-electron chi connectivity index (χ4n) is 2.80. The summed E-state index contributed by atoms with van der Waals surface area (Å²) in [5.41, 5.74) is 0.153. The van der Waals surface area contributed by atoms with Gasteiger partial charge in [0.2, 0.25) is 15.9 Å². The van der Waals surface area contributed by atoms with Gasteiger partial charge >= 0.3 is 5.97 Å². The average Bonchev–Trinajstić information content (AvgIpc) is 2.87. The number of nitrogens with zero attached hydrogens (tertiary/aromatic N) is 2. The predicted molar refractivity (Wildman–Crippen MR) is 100 cm³/mol. The first-order valence-electron chi connectivity index (χ1n) is 8.35. The number of halogens is 1. The molecule has 0 bridgehead atoms. The van der Waals surface area contributed by atoms with Crippen molar-refractivity contribution < 1.29 is 22.7 Å². The molecule has 0 saturated carbocycles. The molecule has 1 amide bonds. The van der Waals surface area contributed by atoms with Crippen LogP contribution < -0.4 is 0 Å². The number of amides is 1. The average molecular weight is 447 g/mol. The van der Waals surface area contributed by atoms with Crippen LogP contribution in [0.4, 0.5) is 0 Å². The number of ether oxygens (including phenoxy) is 1. The van der Waals surface area contributed by atoms with E-state index in [2.05, 4.69) is 15.9 Å². The maximum absolute atomic E-state index is 13.0. The van der Waals surface area contributed by atoms with Crippen LogP contribution in [0.25, 0.3) is 0 Å². The van der Waals surface area contributed by atoms with Crippen LogP contribution in [-0.2, 0) is 19.6 Å². The summed E-state index contributed by atoms with van der Waals surface area (Å²) in [7, 11) is -2.53. The number of sulfonamides is 1. The minimum Gasteiger partial charge on any atom is -0.465 e.